The first-order valence-electron chi connectivity index (χ1n) is 6.16. The van der Waals surface area contributed by atoms with Gasteiger partial charge in [0.25, 0.3) is 0 Å². The molecule has 19 heavy (non-hydrogen) atoms. The van der Waals surface area contributed by atoms with Crippen molar-refractivity contribution in [1.82, 2.24) is 5.32 Å². The first-order valence-corrected chi connectivity index (χ1v) is 6.54. The van der Waals surface area contributed by atoms with Crippen molar-refractivity contribution >= 4 is 17.4 Å². The third kappa shape index (κ3) is 5.06. The van der Waals surface area contributed by atoms with Gasteiger partial charge in [-0.05, 0) is 30.5 Å². The molecule has 1 rings (SSSR count). The van der Waals surface area contributed by atoms with Crippen molar-refractivity contribution in [2.45, 2.75) is 19.9 Å². The summed E-state index contributed by atoms with van der Waals surface area (Å²) in [6, 6.07) is 5.28. The number of nitrogens with one attached hydrogen (secondary N) is 1. The Kier molecular flexibility index (Phi) is 6.62. The van der Waals surface area contributed by atoms with Gasteiger partial charge in [0.15, 0.2) is 5.84 Å². The zero-order chi connectivity index (χ0) is 14.3. The molecule has 0 aliphatic rings. The minimum atomic E-state index is 0.0398. The Balaban J connectivity index is 2.56. The average Bonchev–Trinajstić information content (AvgIpc) is 2.40. The van der Waals surface area contributed by atoms with Gasteiger partial charge in [-0.2, -0.15) is 0 Å². The number of amidine groups is 1. The summed E-state index contributed by atoms with van der Waals surface area (Å²) in [5, 5.41) is 24.2. The zero-order valence-electron chi connectivity index (χ0n) is 10.9. The predicted molar refractivity (Wildman–Crippen MR) is 76.5 cm³/mol. The summed E-state index contributed by atoms with van der Waals surface area (Å²) in [4.78, 5) is 0. The second kappa shape index (κ2) is 7.99. The highest BCUT2D eigenvalue weighted by molar-refractivity contribution is 6.31. The molecule has 106 valence electrons. The third-order valence-electron chi connectivity index (χ3n) is 2.89. The second-order valence-electron chi connectivity index (χ2n) is 4.54. The molecular formula is C13H20ClN3O2. The first-order chi connectivity index (χ1) is 9.08. The largest absolute Gasteiger partial charge is 0.409 e. The van der Waals surface area contributed by atoms with Gasteiger partial charge in [-0.3, -0.25) is 0 Å². The Morgan fingerprint density at radius 1 is 1.53 bits per heavy atom. The lowest BCUT2D eigenvalue weighted by Crippen LogP contribution is -2.21. The lowest BCUT2D eigenvalue weighted by molar-refractivity contribution is 0.260. The zero-order valence-corrected chi connectivity index (χ0v) is 11.7. The third-order valence-corrected chi connectivity index (χ3v) is 3.24. The number of hydrogen-bond donors (Lipinski definition) is 4. The van der Waals surface area contributed by atoms with E-state index in [9.17, 15) is 0 Å². The van der Waals surface area contributed by atoms with E-state index in [1.165, 1.54) is 0 Å². The van der Waals surface area contributed by atoms with E-state index < -0.39 is 0 Å². The van der Waals surface area contributed by atoms with Crippen LogP contribution in [0.2, 0.25) is 5.02 Å². The first kappa shape index (κ1) is 15.8. The van der Waals surface area contributed by atoms with E-state index >= 15 is 0 Å². The Labute approximate surface area is 118 Å². The van der Waals surface area contributed by atoms with Crippen LogP contribution < -0.4 is 11.1 Å². The monoisotopic (exact) mass is 285 g/mol. The van der Waals surface area contributed by atoms with E-state index in [0.717, 1.165) is 18.5 Å². The highest BCUT2D eigenvalue weighted by Gasteiger charge is 2.06. The highest BCUT2D eigenvalue weighted by Crippen LogP contribution is 2.18. The van der Waals surface area contributed by atoms with Crippen molar-refractivity contribution in [3.05, 3.63) is 34.3 Å². The summed E-state index contributed by atoms with van der Waals surface area (Å²) in [6.07, 6.45) is 0.781. The number of rotatable bonds is 7. The van der Waals surface area contributed by atoms with Crippen molar-refractivity contribution in [3.8, 4) is 0 Å². The van der Waals surface area contributed by atoms with Crippen LogP contribution >= 0.6 is 11.6 Å². The quantitative estimate of drug-likeness (QED) is 0.265. The number of nitrogens with two attached hydrogens (primary N) is 1. The lowest BCUT2D eigenvalue weighted by atomic mass is 10.1. The van der Waals surface area contributed by atoms with Gasteiger partial charge in [-0.1, -0.05) is 35.8 Å². The van der Waals surface area contributed by atoms with E-state index in [2.05, 4.69) is 17.4 Å². The van der Waals surface area contributed by atoms with Gasteiger partial charge in [0, 0.05) is 23.7 Å². The minimum absolute atomic E-state index is 0.0398. The van der Waals surface area contributed by atoms with Crippen LogP contribution in [0, 0.1) is 5.92 Å². The van der Waals surface area contributed by atoms with E-state index in [1.54, 1.807) is 12.1 Å². The van der Waals surface area contributed by atoms with Crippen molar-refractivity contribution in [3.63, 3.8) is 0 Å². The Morgan fingerprint density at radius 2 is 2.26 bits per heavy atom. The van der Waals surface area contributed by atoms with Crippen LogP contribution in [0.4, 0.5) is 0 Å². The molecule has 6 heteroatoms. The smallest absolute Gasteiger partial charge is 0.170 e. The number of aliphatic hydroxyl groups is 1. The van der Waals surface area contributed by atoms with Crippen molar-refractivity contribution < 1.29 is 10.3 Å². The molecule has 0 aliphatic heterocycles. The van der Waals surface area contributed by atoms with E-state index in [-0.39, 0.29) is 12.4 Å². The molecule has 0 aromatic heterocycles. The molecule has 0 saturated heterocycles. The Hall–Kier alpha value is -1.30. The van der Waals surface area contributed by atoms with E-state index in [1.807, 2.05) is 6.07 Å². The average molecular weight is 286 g/mol. The molecule has 0 aliphatic carbocycles. The number of hydrogen-bond acceptors (Lipinski definition) is 4. The van der Waals surface area contributed by atoms with Crippen molar-refractivity contribution in [2.24, 2.45) is 16.8 Å². The fraction of sp³-hybridized carbons (Fsp3) is 0.462. The molecule has 1 unspecified atom stereocenters. The number of benzene rings is 1. The molecule has 0 saturated carbocycles. The molecule has 5 N–H and O–H groups in total. The minimum Gasteiger partial charge on any atom is -0.409 e. The molecule has 1 aromatic rings. The molecule has 0 bridgehead atoms. The highest BCUT2D eigenvalue weighted by atomic mass is 35.5. The summed E-state index contributed by atoms with van der Waals surface area (Å²) in [7, 11) is 0. The SMILES string of the molecule is CC(CCO)CNCc1ccc(/C(N)=N/O)cc1Cl. The van der Waals surface area contributed by atoms with E-state index in [0.29, 0.717) is 23.0 Å². The summed E-state index contributed by atoms with van der Waals surface area (Å²) >= 11 is 6.13. The van der Waals surface area contributed by atoms with Gasteiger partial charge >= 0.3 is 0 Å². The Bertz CT molecular complexity index is 438. The van der Waals surface area contributed by atoms with Crippen molar-refractivity contribution in [1.29, 1.82) is 0 Å². The topological polar surface area (TPSA) is 90.9 Å². The maximum absolute atomic E-state index is 8.81. The van der Waals surface area contributed by atoms with Gasteiger partial charge in [-0.15, -0.1) is 0 Å². The summed E-state index contributed by atoms with van der Waals surface area (Å²) in [6.45, 7) is 3.74. The maximum Gasteiger partial charge on any atom is 0.170 e. The number of oxime groups is 1. The summed E-state index contributed by atoms with van der Waals surface area (Å²) in [5.41, 5.74) is 7.03. The van der Waals surface area contributed by atoms with Gasteiger partial charge in [0.2, 0.25) is 0 Å². The summed E-state index contributed by atoms with van der Waals surface area (Å²) < 4.78 is 0. The lowest BCUT2D eigenvalue weighted by Gasteiger charge is -2.12. The molecule has 0 radical (unpaired) electrons. The molecule has 1 atom stereocenters. The van der Waals surface area contributed by atoms with Gasteiger partial charge in [-0.25, -0.2) is 0 Å². The molecule has 0 spiro atoms. The standard InChI is InChI=1S/C13H20ClN3O2/c1-9(4-5-18)7-16-8-11-3-2-10(6-12(11)14)13(15)17-19/h2-3,6,9,16,18-19H,4-5,7-8H2,1H3,(H2,15,17). The van der Waals surface area contributed by atoms with Gasteiger partial charge < -0.3 is 21.4 Å². The molecule has 0 amide bonds. The van der Waals surface area contributed by atoms with Crippen LogP contribution in [0.25, 0.3) is 0 Å². The fourth-order valence-corrected chi connectivity index (χ4v) is 1.93. The van der Waals surface area contributed by atoms with E-state index in [4.69, 9.17) is 27.6 Å². The van der Waals surface area contributed by atoms with Crippen LogP contribution in [0.5, 0.6) is 0 Å². The fourth-order valence-electron chi connectivity index (χ4n) is 1.68. The predicted octanol–water partition coefficient (Wildman–Crippen LogP) is 1.54. The van der Waals surface area contributed by atoms with Crippen LogP contribution in [0.1, 0.15) is 24.5 Å². The second-order valence-corrected chi connectivity index (χ2v) is 4.95. The van der Waals surface area contributed by atoms with Gasteiger partial charge in [0.05, 0.1) is 0 Å². The van der Waals surface area contributed by atoms with Crippen LogP contribution in [0.15, 0.2) is 23.4 Å². The molecule has 5 nitrogen and oxygen atoms in total. The molecule has 0 heterocycles. The molecular weight excluding hydrogens is 266 g/mol. The van der Waals surface area contributed by atoms with Crippen LogP contribution in [-0.2, 0) is 6.54 Å². The molecule has 1 aromatic carbocycles. The summed E-state index contributed by atoms with van der Waals surface area (Å²) in [5.74, 6) is 0.457. The van der Waals surface area contributed by atoms with Crippen molar-refractivity contribution in [2.75, 3.05) is 13.2 Å². The molecule has 0 fully saturated rings. The van der Waals surface area contributed by atoms with Crippen LogP contribution in [0.3, 0.4) is 0 Å². The number of halogens is 1. The van der Waals surface area contributed by atoms with Crippen LogP contribution in [-0.4, -0.2) is 29.3 Å². The van der Waals surface area contributed by atoms with Gasteiger partial charge in [0.1, 0.15) is 0 Å². The number of aliphatic hydroxyl groups excluding tert-OH is 1. The maximum atomic E-state index is 8.81. The number of nitrogens with zero attached hydrogens (tertiary/aromatic N) is 1. The normalized spacial score (nSPS) is 13.5. The Morgan fingerprint density at radius 3 is 2.84 bits per heavy atom.